The van der Waals surface area contributed by atoms with Crippen LogP contribution in [0.25, 0.3) is 0 Å². The Labute approximate surface area is 91.1 Å². The fourth-order valence-electron chi connectivity index (χ4n) is 1.23. The Morgan fingerprint density at radius 1 is 0.929 bits per heavy atom. The Balaban J connectivity index is 4.53. The van der Waals surface area contributed by atoms with E-state index in [-0.39, 0.29) is 0 Å². The molecule has 0 aromatic heterocycles. The van der Waals surface area contributed by atoms with Crippen LogP contribution in [-0.4, -0.2) is 30.7 Å². The van der Waals surface area contributed by atoms with Crippen LogP contribution in [0.3, 0.4) is 0 Å². The molecule has 0 rings (SSSR count). The molecule has 1 heteroatoms. The molecular formula is C13H30N+. The molecule has 0 aliphatic rings. The Morgan fingerprint density at radius 3 is 1.50 bits per heavy atom. The van der Waals surface area contributed by atoms with E-state index in [1.54, 1.807) is 0 Å². The summed E-state index contributed by atoms with van der Waals surface area (Å²) in [6.07, 6.45) is 0. The average molecular weight is 200 g/mol. The fourth-order valence-corrected chi connectivity index (χ4v) is 1.23. The Morgan fingerprint density at radius 2 is 1.29 bits per heavy atom. The van der Waals surface area contributed by atoms with Gasteiger partial charge in [-0.15, -0.1) is 0 Å². The third-order valence-corrected chi connectivity index (χ3v) is 4.02. The van der Waals surface area contributed by atoms with E-state index in [4.69, 9.17) is 0 Å². The van der Waals surface area contributed by atoms with Crippen LogP contribution in [0, 0.1) is 11.3 Å². The minimum atomic E-state index is 0.333. The van der Waals surface area contributed by atoms with E-state index in [0.717, 1.165) is 10.4 Å². The number of hydrogen-bond donors (Lipinski definition) is 0. The van der Waals surface area contributed by atoms with E-state index >= 15 is 0 Å². The second-order valence-electron chi connectivity index (χ2n) is 7.31. The molecule has 0 spiro atoms. The van der Waals surface area contributed by atoms with Crippen molar-refractivity contribution in [3.63, 3.8) is 0 Å². The zero-order valence-corrected chi connectivity index (χ0v) is 11.7. The molecule has 1 unspecified atom stereocenters. The van der Waals surface area contributed by atoms with Gasteiger partial charge >= 0.3 is 0 Å². The quantitative estimate of drug-likeness (QED) is 0.598. The lowest BCUT2D eigenvalue weighted by molar-refractivity contribution is -0.939. The molecule has 1 nitrogen and oxygen atoms in total. The molecule has 0 aromatic carbocycles. The maximum atomic E-state index is 2.37. The first kappa shape index (κ1) is 14.0. The van der Waals surface area contributed by atoms with Gasteiger partial charge in [-0.05, 0) is 26.2 Å². The summed E-state index contributed by atoms with van der Waals surface area (Å²) in [5.41, 5.74) is 0.750. The van der Waals surface area contributed by atoms with Crippen LogP contribution in [0.2, 0.25) is 0 Å². The fraction of sp³-hybridized carbons (Fsp3) is 1.00. The Bertz CT molecular complexity index is 178. The summed E-state index contributed by atoms with van der Waals surface area (Å²) in [7, 11) is 4.67. The maximum absolute atomic E-state index is 2.37. The number of quaternary nitrogens is 1. The molecule has 0 saturated heterocycles. The van der Waals surface area contributed by atoms with E-state index in [1.807, 2.05) is 0 Å². The molecule has 0 aliphatic carbocycles. The number of nitrogens with zero attached hydrogens (tertiary/aromatic N) is 1. The first-order chi connectivity index (χ1) is 5.88. The van der Waals surface area contributed by atoms with Crippen LogP contribution in [0.4, 0.5) is 0 Å². The first-order valence-corrected chi connectivity index (χ1v) is 5.71. The van der Waals surface area contributed by atoms with Crippen molar-refractivity contribution in [3.8, 4) is 0 Å². The third kappa shape index (κ3) is 3.61. The molecule has 86 valence electrons. The normalized spacial score (nSPS) is 16.9. The van der Waals surface area contributed by atoms with Gasteiger partial charge in [0.25, 0.3) is 0 Å². The summed E-state index contributed by atoms with van der Waals surface area (Å²) in [5, 5.41) is 0. The van der Waals surface area contributed by atoms with Crippen LogP contribution in [-0.2, 0) is 0 Å². The molecule has 0 heterocycles. The van der Waals surface area contributed by atoms with Gasteiger partial charge < -0.3 is 4.48 Å². The second-order valence-corrected chi connectivity index (χ2v) is 7.31. The number of hydrogen-bond acceptors (Lipinski definition) is 0. The van der Waals surface area contributed by atoms with Crippen LogP contribution in [0.1, 0.15) is 48.5 Å². The smallest absolute Gasteiger partial charge is 0.0903 e. The third-order valence-electron chi connectivity index (χ3n) is 4.02. The van der Waals surface area contributed by atoms with Crippen LogP contribution in [0.15, 0.2) is 0 Å². The first-order valence-electron chi connectivity index (χ1n) is 5.71. The lowest BCUT2D eigenvalue weighted by Crippen LogP contribution is -2.57. The standard InChI is InChI=1S/C13H30N/c1-11(12(2,3)4)10-14(8,9)13(5,6)7/h11H,10H2,1-9H3/q+1. The summed E-state index contributed by atoms with van der Waals surface area (Å²) in [5.74, 6) is 0.747. The van der Waals surface area contributed by atoms with Crippen LogP contribution < -0.4 is 0 Å². The van der Waals surface area contributed by atoms with Gasteiger partial charge in [-0.25, -0.2) is 0 Å². The highest BCUT2D eigenvalue weighted by Crippen LogP contribution is 2.30. The predicted octanol–water partition coefficient (Wildman–Crippen LogP) is 3.54. The van der Waals surface area contributed by atoms with Gasteiger partial charge in [-0.1, -0.05) is 27.7 Å². The van der Waals surface area contributed by atoms with Crippen LogP contribution >= 0.6 is 0 Å². The van der Waals surface area contributed by atoms with Crippen molar-refractivity contribution in [1.82, 2.24) is 0 Å². The molecule has 1 atom stereocenters. The minimum absolute atomic E-state index is 0.333. The molecule has 14 heavy (non-hydrogen) atoms. The van der Waals surface area contributed by atoms with E-state index in [2.05, 4.69) is 62.6 Å². The summed E-state index contributed by atoms with van der Waals surface area (Å²) in [6, 6.07) is 0. The molecule has 0 N–H and O–H groups in total. The summed E-state index contributed by atoms with van der Waals surface area (Å²) in [4.78, 5) is 0. The van der Waals surface area contributed by atoms with E-state index < -0.39 is 0 Å². The summed E-state index contributed by atoms with van der Waals surface area (Å²) in [6.45, 7) is 17.6. The average Bonchev–Trinajstić information content (AvgIpc) is 1.80. The van der Waals surface area contributed by atoms with Crippen LogP contribution in [0.5, 0.6) is 0 Å². The predicted molar refractivity (Wildman–Crippen MR) is 65.3 cm³/mol. The van der Waals surface area contributed by atoms with Crippen molar-refractivity contribution in [1.29, 1.82) is 0 Å². The largest absolute Gasteiger partial charge is 0.324 e. The van der Waals surface area contributed by atoms with Gasteiger partial charge in [0.05, 0.1) is 26.2 Å². The Hall–Kier alpha value is -0.0400. The summed E-state index contributed by atoms with van der Waals surface area (Å²) >= 11 is 0. The molecule has 0 radical (unpaired) electrons. The lowest BCUT2D eigenvalue weighted by Gasteiger charge is -2.46. The highest BCUT2D eigenvalue weighted by atomic mass is 15.4. The van der Waals surface area contributed by atoms with E-state index in [1.165, 1.54) is 6.54 Å². The van der Waals surface area contributed by atoms with E-state index in [9.17, 15) is 0 Å². The highest BCUT2D eigenvalue weighted by molar-refractivity contribution is 4.71. The van der Waals surface area contributed by atoms with Gasteiger partial charge in [0, 0.05) is 5.92 Å². The minimum Gasteiger partial charge on any atom is -0.324 e. The SMILES string of the molecule is CC(C[N+](C)(C)C(C)(C)C)C(C)(C)C. The summed E-state index contributed by atoms with van der Waals surface area (Å²) < 4.78 is 1.09. The zero-order valence-electron chi connectivity index (χ0n) is 11.7. The van der Waals surface area contributed by atoms with Gasteiger partial charge in [0.15, 0.2) is 0 Å². The van der Waals surface area contributed by atoms with Crippen molar-refractivity contribution in [3.05, 3.63) is 0 Å². The molecule has 0 saturated carbocycles. The molecule has 0 fully saturated rings. The van der Waals surface area contributed by atoms with Gasteiger partial charge in [-0.2, -0.15) is 0 Å². The zero-order chi connectivity index (χ0) is 11.8. The molecule has 0 amide bonds. The van der Waals surface area contributed by atoms with Crippen molar-refractivity contribution in [2.45, 2.75) is 54.0 Å². The van der Waals surface area contributed by atoms with Gasteiger partial charge in [0.2, 0.25) is 0 Å². The highest BCUT2D eigenvalue weighted by Gasteiger charge is 2.35. The molecule has 0 aliphatic heterocycles. The maximum Gasteiger partial charge on any atom is 0.0903 e. The lowest BCUT2D eigenvalue weighted by atomic mass is 9.80. The van der Waals surface area contributed by atoms with Gasteiger partial charge in [-0.3, -0.25) is 0 Å². The Kier molecular flexibility index (Phi) is 3.83. The topological polar surface area (TPSA) is 0 Å². The molecule has 0 aromatic rings. The monoisotopic (exact) mass is 200 g/mol. The van der Waals surface area contributed by atoms with Crippen molar-refractivity contribution in [2.75, 3.05) is 20.6 Å². The molecule has 0 bridgehead atoms. The van der Waals surface area contributed by atoms with Gasteiger partial charge in [0.1, 0.15) is 0 Å². The van der Waals surface area contributed by atoms with Crippen molar-refractivity contribution in [2.24, 2.45) is 11.3 Å². The number of rotatable bonds is 2. The van der Waals surface area contributed by atoms with Crippen molar-refractivity contribution < 1.29 is 4.48 Å². The van der Waals surface area contributed by atoms with Crippen molar-refractivity contribution >= 4 is 0 Å². The van der Waals surface area contributed by atoms with E-state index in [0.29, 0.717) is 11.0 Å². The molecular weight excluding hydrogens is 170 g/mol. The second kappa shape index (κ2) is 3.84.